The van der Waals surface area contributed by atoms with E-state index in [4.69, 9.17) is 0 Å². The molecule has 0 radical (unpaired) electrons. The third-order valence-corrected chi connectivity index (χ3v) is 4.13. The van der Waals surface area contributed by atoms with Crippen LogP contribution in [-0.4, -0.2) is 16.1 Å². The summed E-state index contributed by atoms with van der Waals surface area (Å²) < 4.78 is 4.17. The lowest BCUT2D eigenvalue weighted by Crippen LogP contribution is -2.23. The van der Waals surface area contributed by atoms with Crippen molar-refractivity contribution in [2.45, 2.75) is 46.1 Å². The van der Waals surface area contributed by atoms with Gasteiger partial charge in [-0.2, -0.15) is 0 Å². The summed E-state index contributed by atoms with van der Waals surface area (Å²) in [5.74, 6) is 0.402. The van der Waals surface area contributed by atoms with E-state index in [-0.39, 0.29) is 6.04 Å². The largest absolute Gasteiger partial charge is 0.305 e. The summed E-state index contributed by atoms with van der Waals surface area (Å²) in [5.41, 5.74) is 3.70. The van der Waals surface area contributed by atoms with Crippen LogP contribution < -0.4 is 5.32 Å². The van der Waals surface area contributed by atoms with Crippen LogP contribution in [0.5, 0.6) is 0 Å². The zero-order valence-electron chi connectivity index (χ0n) is 12.7. The normalized spacial score (nSPS) is 12.8. The Kier molecular flexibility index (Phi) is 5.26. The lowest BCUT2D eigenvalue weighted by atomic mass is 9.99. The van der Waals surface area contributed by atoms with Gasteiger partial charge in [0.25, 0.3) is 0 Å². The smallest absolute Gasteiger partial charge is 0.0832 e. The number of benzene rings is 1. The molecule has 1 aromatic heterocycles. The third-order valence-electron chi connectivity index (χ3n) is 3.32. The first-order chi connectivity index (χ1) is 9.63. The van der Waals surface area contributed by atoms with E-state index in [1.807, 2.05) is 0 Å². The van der Waals surface area contributed by atoms with E-state index in [1.165, 1.54) is 27.5 Å². The van der Waals surface area contributed by atoms with Gasteiger partial charge in [0.05, 0.1) is 16.6 Å². The highest BCUT2D eigenvalue weighted by atomic mass is 32.1. The molecule has 0 bridgehead atoms. The van der Waals surface area contributed by atoms with Crippen molar-refractivity contribution in [3.8, 4) is 0 Å². The van der Waals surface area contributed by atoms with Crippen LogP contribution in [0, 0.1) is 6.92 Å². The van der Waals surface area contributed by atoms with Gasteiger partial charge in [0.15, 0.2) is 0 Å². The highest BCUT2D eigenvalue weighted by molar-refractivity contribution is 7.05. The monoisotopic (exact) mass is 289 g/mol. The van der Waals surface area contributed by atoms with Gasteiger partial charge in [0.2, 0.25) is 0 Å². The maximum absolute atomic E-state index is 4.32. The number of nitrogens with zero attached hydrogens (tertiary/aromatic N) is 2. The fraction of sp³-hybridized carbons (Fsp3) is 0.500. The lowest BCUT2D eigenvalue weighted by molar-refractivity contribution is 0.596. The number of aromatic nitrogens is 2. The second-order valence-electron chi connectivity index (χ2n) is 5.48. The molecule has 2 rings (SSSR count). The Labute approximate surface area is 125 Å². The van der Waals surface area contributed by atoms with E-state index in [9.17, 15) is 0 Å². The van der Waals surface area contributed by atoms with Gasteiger partial charge in [-0.25, -0.2) is 0 Å². The van der Waals surface area contributed by atoms with Crippen LogP contribution >= 0.6 is 11.5 Å². The van der Waals surface area contributed by atoms with Gasteiger partial charge >= 0.3 is 0 Å². The van der Waals surface area contributed by atoms with Crippen molar-refractivity contribution < 1.29 is 0 Å². The third kappa shape index (κ3) is 3.44. The molecule has 1 heterocycles. The van der Waals surface area contributed by atoms with E-state index < -0.39 is 0 Å². The van der Waals surface area contributed by atoms with Gasteiger partial charge in [-0.3, -0.25) is 0 Å². The predicted octanol–water partition coefficient (Wildman–Crippen LogP) is 4.06. The van der Waals surface area contributed by atoms with Gasteiger partial charge in [-0.1, -0.05) is 55.1 Å². The summed E-state index contributed by atoms with van der Waals surface area (Å²) in [6.07, 6.45) is 1.12. The molecule has 0 aliphatic heterocycles. The Bertz CT molecular complexity index is 548. The van der Waals surface area contributed by atoms with Gasteiger partial charge in [0.1, 0.15) is 0 Å². The van der Waals surface area contributed by atoms with Crippen LogP contribution in [-0.2, 0) is 0 Å². The van der Waals surface area contributed by atoms with Crippen LogP contribution in [0.3, 0.4) is 0 Å². The topological polar surface area (TPSA) is 37.8 Å². The molecule has 20 heavy (non-hydrogen) atoms. The summed E-state index contributed by atoms with van der Waals surface area (Å²) >= 11 is 1.51. The average Bonchev–Trinajstić information content (AvgIpc) is 2.89. The minimum Gasteiger partial charge on any atom is -0.305 e. The maximum Gasteiger partial charge on any atom is 0.0832 e. The molecule has 108 valence electrons. The Hall–Kier alpha value is -1.26. The number of aryl methyl sites for hydroxylation is 1. The van der Waals surface area contributed by atoms with E-state index in [1.54, 1.807) is 0 Å². The molecule has 3 nitrogen and oxygen atoms in total. The van der Waals surface area contributed by atoms with Crippen molar-refractivity contribution in [1.29, 1.82) is 0 Å². The highest BCUT2D eigenvalue weighted by Gasteiger charge is 2.22. The van der Waals surface area contributed by atoms with Crippen molar-refractivity contribution in [3.05, 3.63) is 46.0 Å². The van der Waals surface area contributed by atoms with E-state index >= 15 is 0 Å². The summed E-state index contributed by atoms with van der Waals surface area (Å²) in [4.78, 5) is 1.25. The van der Waals surface area contributed by atoms with Gasteiger partial charge in [0, 0.05) is 0 Å². The molecular formula is C16H23N3S. The molecule has 0 aliphatic carbocycles. The first-order valence-electron chi connectivity index (χ1n) is 7.25. The van der Waals surface area contributed by atoms with Crippen LogP contribution in [0.1, 0.15) is 60.8 Å². The van der Waals surface area contributed by atoms with Gasteiger partial charge < -0.3 is 5.32 Å². The average molecular weight is 289 g/mol. The van der Waals surface area contributed by atoms with Crippen molar-refractivity contribution in [2.75, 3.05) is 6.54 Å². The Morgan fingerprint density at radius 3 is 2.75 bits per heavy atom. The Morgan fingerprint density at radius 2 is 2.10 bits per heavy atom. The lowest BCUT2D eigenvalue weighted by Gasteiger charge is -2.19. The molecule has 0 amide bonds. The summed E-state index contributed by atoms with van der Waals surface area (Å²) in [6.45, 7) is 9.66. The second-order valence-corrected chi connectivity index (χ2v) is 6.26. The quantitative estimate of drug-likeness (QED) is 0.871. The van der Waals surface area contributed by atoms with E-state index in [0.29, 0.717) is 5.92 Å². The zero-order valence-corrected chi connectivity index (χ0v) is 13.5. The number of hydrogen-bond donors (Lipinski definition) is 1. The maximum atomic E-state index is 4.32. The van der Waals surface area contributed by atoms with Crippen LogP contribution in [0.4, 0.5) is 0 Å². The van der Waals surface area contributed by atoms with Gasteiger partial charge in [-0.05, 0) is 42.9 Å². The molecule has 0 saturated heterocycles. The zero-order chi connectivity index (χ0) is 14.5. The van der Waals surface area contributed by atoms with Crippen molar-refractivity contribution in [2.24, 2.45) is 0 Å². The standard InChI is InChI=1S/C16H23N3S/c1-5-9-17-15(13-8-6-7-12(4)10-13)16-14(11(2)3)18-19-20-16/h6-8,10-11,15,17H,5,9H2,1-4H3. The molecule has 0 saturated carbocycles. The molecule has 0 spiro atoms. The fourth-order valence-electron chi connectivity index (χ4n) is 2.31. The number of nitrogens with one attached hydrogen (secondary N) is 1. The van der Waals surface area contributed by atoms with E-state index in [0.717, 1.165) is 18.7 Å². The molecule has 0 fully saturated rings. The molecular weight excluding hydrogens is 266 g/mol. The van der Waals surface area contributed by atoms with Gasteiger partial charge in [-0.15, -0.1) is 5.10 Å². The predicted molar refractivity (Wildman–Crippen MR) is 85.3 cm³/mol. The Balaban J connectivity index is 2.39. The summed E-state index contributed by atoms with van der Waals surface area (Å²) in [6, 6.07) is 8.89. The molecule has 1 unspecified atom stereocenters. The fourth-order valence-corrected chi connectivity index (χ4v) is 3.22. The van der Waals surface area contributed by atoms with E-state index in [2.05, 4.69) is 66.9 Å². The molecule has 2 aromatic rings. The van der Waals surface area contributed by atoms with Crippen LogP contribution in [0.2, 0.25) is 0 Å². The Morgan fingerprint density at radius 1 is 1.30 bits per heavy atom. The summed E-state index contributed by atoms with van der Waals surface area (Å²) in [5, 5.41) is 7.96. The van der Waals surface area contributed by atoms with Crippen LogP contribution in [0.15, 0.2) is 24.3 Å². The number of hydrogen-bond acceptors (Lipinski definition) is 4. The first-order valence-corrected chi connectivity index (χ1v) is 8.03. The minimum absolute atomic E-state index is 0.201. The highest BCUT2D eigenvalue weighted by Crippen LogP contribution is 2.31. The van der Waals surface area contributed by atoms with Crippen LogP contribution in [0.25, 0.3) is 0 Å². The molecule has 1 atom stereocenters. The number of rotatable bonds is 6. The molecule has 1 aromatic carbocycles. The van der Waals surface area contributed by atoms with Crippen molar-refractivity contribution >= 4 is 11.5 Å². The SMILES string of the molecule is CCCNC(c1cccc(C)c1)c1snnc1C(C)C. The first kappa shape index (κ1) is 15.1. The minimum atomic E-state index is 0.201. The van der Waals surface area contributed by atoms with Crippen molar-refractivity contribution in [3.63, 3.8) is 0 Å². The summed E-state index contributed by atoms with van der Waals surface area (Å²) in [7, 11) is 0. The molecule has 1 N–H and O–H groups in total. The molecule has 0 aliphatic rings. The second kappa shape index (κ2) is 6.95. The van der Waals surface area contributed by atoms with Crippen molar-refractivity contribution in [1.82, 2.24) is 14.9 Å². The molecule has 4 heteroatoms.